The van der Waals surface area contributed by atoms with Crippen molar-refractivity contribution >= 4 is 11.8 Å². The Kier molecular flexibility index (Phi) is 5.32. The molecule has 0 bridgehead atoms. The van der Waals surface area contributed by atoms with Gasteiger partial charge in [0.1, 0.15) is 11.6 Å². The lowest BCUT2D eigenvalue weighted by atomic mass is 9.94. The van der Waals surface area contributed by atoms with Gasteiger partial charge in [0, 0.05) is 50.7 Å². The number of rotatable bonds is 2. The fourth-order valence-corrected chi connectivity index (χ4v) is 3.55. The molecule has 2 saturated heterocycles. The van der Waals surface area contributed by atoms with Crippen molar-refractivity contribution < 1.29 is 18.4 Å². The first-order chi connectivity index (χ1) is 12.0. The van der Waals surface area contributed by atoms with E-state index < -0.39 is 17.5 Å². The number of piperidine rings is 1. The molecule has 0 radical (unpaired) electrons. The number of hydrogen-bond acceptors (Lipinski definition) is 3. The predicted octanol–water partition coefficient (Wildman–Crippen LogP) is 1.64. The maximum absolute atomic E-state index is 13.8. The zero-order valence-corrected chi connectivity index (χ0v) is 14.3. The summed E-state index contributed by atoms with van der Waals surface area (Å²) in [5, 5.41) is 3.31. The standard InChI is InChI=1S/C18H23F2N3O2/c1-12-11-23(9-6-21-12)17(24)13-4-7-22(8-5-13)18(25)15-3-2-14(19)10-16(15)20/h2-3,10,12-13,21H,4-9,11H2,1H3. The van der Waals surface area contributed by atoms with Gasteiger partial charge in [0.15, 0.2) is 0 Å². The van der Waals surface area contributed by atoms with Crippen LogP contribution in [0.15, 0.2) is 18.2 Å². The average Bonchev–Trinajstić information content (AvgIpc) is 2.61. The fourth-order valence-electron chi connectivity index (χ4n) is 3.55. The van der Waals surface area contributed by atoms with E-state index in [9.17, 15) is 18.4 Å². The highest BCUT2D eigenvalue weighted by Gasteiger charge is 2.32. The van der Waals surface area contributed by atoms with Crippen LogP contribution in [0.4, 0.5) is 8.78 Å². The summed E-state index contributed by atoms with van der Waals surface area (Å²) in [4.78, 5) is 28.5. The second-order valence-corrected chi connectivity index (χ2v) is 6.83. The predicted molar refractivity (Wildman–Crippen MR) is 89.0 cm³/mol. The van der Waals surface area contributed by atoms with Gasteiger partial charge in [0.25, 0.3) is 5.91 Å². The van der Waals surface area contributed by atoms with Crippen LogP contribution in [0.2, 0.25) is 0 Å². The minimum absolute atomic E-state index is 0.0904. The number of amides is 2. The second kappa shape index (κ2) is 7.47. The molecule has 1 aromatic carbocycles. The highest BCUT2D eigenvalue weighted by atomic mass is 19.1. The topological polar surface area (TPSA) is 52.7 Å². The smallest absolute Gasteiger partial charge is 0.256 e. The number of nitrogens with zero attached hydrogens (tertiary/aromatic N) is 2. The van der Waals surface area contributed by atoms with Gasteiger partial charge in [-0.25, -0.2) is 8.78 Å². The summed E-state index contributed by atoms with van der Waals surface area (Å²) in [6.45, 7) is 5.09. The molecule has 25 heavy (non-hydrogen) atoms. The van der Waals surface area contributed by atoms with Crippen molar-refractivity contribution in [2.24, 2.45) is 5.92 Å². The van der Waals surface area contributed by atoms with Crippen molar-refractivity contribution in [2.75, 3.05) is 32.7 Å². The summed E-state index contributed by atoms with van der Waals surface area (Å²) in [5.74, 6) is -1.94. The summed E-state index contributed by atoms with van der Waals surface area (Å²) in [6.07, 6.45) is 1.15. The third-order valence-corrected chi connectivity index (χ3v) is 4.97. The van der Waals surface area contributed by atoms with Crippen LogP contribution >= 0.6 is 0 Å². The van der Waals surface area contributed by atoms with Crippen molar-refractivity contribution in [1.82, 2.24) is 15.1 Å². The first kappa shape index (κ1) is 17.8. The third kappa shape index (κ3) is 3.98. The van der Waals surface area contributed by atoms with Gasteiger partial charge < -0.3 is 15.1 Å². The average molecular weight is 351 g/mol. The molecule has 2 aliphatic rings. The molecule has 136 valence electrons. The van der Waals surface area contributed by atoms with Crippen molar-refractivity contribution in [3.63, 3.8) is 0 Å². The number of halogens is 2. The second-order valence-electron chi connectivity index (χ2n) is 6.83. The molecule has 3 rings (SSSR count). The van der Waals surface area contributed by atoms with Gasteiger partial charge in [0.2, 0.25) is 5.91 Å². The van der Waals surface area contributed by atoms with Crippen LogP contribution < -0.4 is 5.32 Å². The lowest BCUT2D eigenvalue weighted by molar-refractivity contribution is -0.138. The summed E-state index contributed by atoms with van der Waals surface area (Å²) in [6, 6.07) is 3.26. The van der Waals surface area contributed by atoms with Gasteiger partial charge in [0.05, 0.1) is 5.56 Å². The van der Waals surface area contributed by atoms with Crippen molar-refractivity contribution in [3.8, 4) is 0 Å². The Morgan fingerprint density at radius 3 is 2.48 bits per heavy atom. The van der Waals surface area contributed by atoms with Crippen LogP contribution in [0, 0.1) is 17.6 Å². The van der Waals surface area contributed by atoms with E-state index in [-0.39, 0.29) is 17.4 Å². The van der Waals surface area contributed by atoms with E-state index in [1.54, 1.807) is 4.90 Å². The minimum atomic E-state index is -0.849. The van der Waals surface area contributed by atoms with E-state index in [0.717, 1.165) is 18.7 Å². The van der Waals surface area contributed by atoms with E-state index >= 15 is 0 Å². The minimum Gasteiger partial charge on any atom is -0.340 e. The van der Waals surface area contributed by atoms with Crippen molar-refractivity contribution in [1.29, 1.82) is 0 Å². The van der Waals surface area contributed by atoms with E-state index in [2.05, 4.69) is 12.2 Å². The largest absolute Gasteiger partial charge is 0.340 e. The van der Waals surface area contributed by atoms with Crippen LogP contribution in [0.1, 0.15) is 30.1 Å². The van der Waals surface area contributed by atoms with Crippen LogP contribution in [-0.4, -0.2) is 60.4 Å². The Hall–Kier alpha value is -2.02. The SMILES string of the molecule is CC1CN(C(=O)C2CCN(C(=O)c3ccc(F)cc3F)CC2)CCN1. The molecule has 1 unspecified atom stereocenters. The number of carbonyl (C=O) groups excluding carboxylic acids is 2. The molecule has 5 nitrogen and oxygen atoms in total. The van der Waals surface area contributed by atoms with Crippen LogP contribution in [0.3, 0.4) is 0 Å². The molecule has 2 aliphatic heterocycles. The highest BCUT2D eigenvalue weighted by molar-refractivity contribution is 5.94. The number of carbonyl (C=O) groups is 2. The van der Waals surface area contributed by atoms with Crippen LogP contribution in [0.5, 0.6) is 0 Å². The molecule has 7 heteroatoms. The molecule has 2 amide bonds. The molecular weight excluding hydrogens is 328 g/mol. The van der Waals surface area contributed by atoms with Gasteiger partial charge >= 0.3 is 0 Å². The Balaban J connectivity index is 1.58. The summed E-state index contributed by atoms with van der Waals surface area (Å²) >= 11 is 0. The van der Waals surface area contributed by atoms with E-state index in [4.69, 9.17) is 0 Å². The quantitative estimate of drug-likeness (QED) is 0.881. The van der Waals surface area contributed by atoms with Gasteiger partial charge in [-0.15, -0.1) is 0 Å². The number of piperazine rings is 1. The van der Waals surface area contributed by atoms with Gasteiger partial charge in [-0.1, -0.05) is 0 Å². The zero-order valence-electron chi connectivity index (χ0n) is 14.3. The Labute approximate surface area is 146 Å². The van der Waals surface area contributed by atoms with E-state index in [1.165, 1.54) is 6.07 Å². The molecule has 0 aromatic heterocycles. The first-order valence-corrected chi connectivity index (χ1v) is 8.72. The highest BCUT2D eigenvalue weighted by Crippen LogP contribution is 2.22. The molecule has 0 saturated carbocycles. The van der Waals surface area contributed by atoms with Crippen LogP contribution in [-0.2, 0) is 4.79 Å². The van der Waals surface area contributed by atoms with E-state index in [0.29, 0.717) is 45.1 Å². The zero-order chi connectivity index (χ0) is 18.0. The number of benzene rings is 1. The van der Waals surface area contributed by atoms with E-state index in [1.807, 2.05) is 4.90 Å². The summed E-state index contributed by atoms with van der Waals surface area (Å²) in [7, 11) is 0. The number of nitrogens with one attached hydrogen (secondary N) is 1. The molecule has 0 aliphatic carbocycles. The van der Waals surface area contributed by atoms with Crippen molar-refractivity contribution in [2.45, 2.75) is 25.8 Å². The summed E-state index contributed by atoms with van der Waals surface area (Å²) in [5.41, 5.74) is -0.123. The molecule has 1 atom stereocenters. The molecule has 2 heterocycles. The maximum atomic E-state index is 13.8. The lowest BCUT2D eigenvalue weighted by Gasteiger charge is -2.37. The first-order valence-electron chi connectivity index (χ1n) is 8.72. The Bertz CT molecular complexity index is 660. The Morgan fingerprint density at radius 1 is 1.12 bits per heavy atom. The van der Waals surface area contributed by atoms with Gasteiger partial charge in [-0.2, -0.15) is 0 Å². The normalized spacial score (nSPS) is 22.1. The molecule has 0 spiro atoms. The number of hydrogen-bond donors (Lipinski definition) is 1. The molecule has 2 fully saturated rings. The molecule has 1 aromatic rings. The number of likely N-dealkylation sites (tertiary alicyclic amines) is 1. The summed E-state index contributed by atoms with van der Waals surface area (Å²) < 4.78 is 26.8. The van der Waals surface area contributed by atoms with Crippen molar-refractivity contribution in [3.05, 3.63) is 35.4 Å². The lowest BCUT2D eigenvalue weighted by Crippen LogP contribution is -2.54. The monoisotopic (exact) mass is 351 g/mol. The Morgan fingerprint density at radius 2 is 1.84 bits per heavy atom. The van der Waals surface area contributed by atoms with Crippen LogP contribution in [0.25, 0.3) is 0 Å². The fraction of sp³-hybridized carbons (Fsp3) is 0.556. The van der Waals surface area contributed by atoms with Gasteiger partial charge in [-0.05, 0) is 31.9 Å². The molecule has 1 N–H and O–H groups in total. The maximum Gasteiger partial charge on any atom is 0.256 e. The molecular formula is C18H23F2N3O2. The third-order valence-electron chi connectivity index (χ3n) is 4.97. The van der Waals surface area contributed by atoms with Gasteiger partial charge in [-0.3, -0.25) is 9.59 Å².